The normalized spacial score (nSPS) is 13.1. The predicted octanol–water partition coefficient (Wildman–Crippen LogP) is 4.76. The first kappa shape index (κ1) is 16.5. The molecule has 1 atom stereocenters. The molecule has 126 valence electrons. The van der Waals surface area contributed by atoms with Crippen LogP contribution in [0.25, 0.3) is 11.0 Å². The highest BCUT2D eigenvalue weighted by Crippen LogP contribution is 2.26. The summed E-state index contributed by atoms with van der Waals surface area (Å²) in [5, 5.41) is 0. The van der Waals surface area contributed by atoms with Crippen LogP contribution in [0.1, 0.15) is 30.9 Å². The molecule has 0 saturated heterocycles. The highest BCUT2D eigenvalue weighted by molar-refractivity contribution is 5.75. The van der Waals surface area contributed by atoms with Crippen molar-refractivity contribution in [1.82, 2.24) is 14.5 Å². The van der Waals surface area contributed by atoms with Crippen molar-refractivity contribution in [2.45, 2.75) is 26.1 Å². The lowest BCUT2D eigenvalue weighted by Gasteiger charge is -2.25. The zero-order valence-corrected chi connectivity index (χ0v) is 13.5. The molecule has 3 aromatic rings. The Kier molecular flexibility index (Phi) is 4.57. The average molecular weight is 333 g/mol. The van der Waals surface area contributed by atoms with Gasteiger partial charge >= 0.3 is 6.55 Å². The summed E-state index contributed by atoms with van der Waals surface area (Å²) in [7, 11) is 1.84. The Bertz CT molecular complexity index is 827. The van der Waals surface area contributed by atoms with E-state index in [1.165, 1.54) is 12.1 Å². The molecule has 1 unspecified atom stereocenters. The molecule has 2 aromatic carbocycles. The van der Waals surface area contributed by atoms with Crippen LogP contribution in [0.2, 0.25) is 0 Å². The number of nitrogens with zero attached hydrogens (tertiary/aromatic N) is 3. The van der Waals surface area contributed by atoms with E-state index in [0.29, 0.717) is 16.9 Å². The van der Waals surface area contributed by atoms with Crippen LogP contribution < -0.4 is 0 Å². The van der Waals surface area contributed by atoms with Gasteiger partial charge in [-0.15, -0.1) is 0 Å². The van der Waals surface area contributed by atoms with Gasteiger partial charge in [-0.25, -0.2) is 9.37 Å². The van der Waals surface area contributed by atoms with Crippen molar-refractivity contribution in [2.24, 2.45) is 0 Å². The van der Waals surface area contributed by atoms with Crippen LogP contribution in [0.4, 0.5) is 13.2 Å². The third-order valence-corrected chi connectivity index (χ3v) is 4.27. The summed E-state index contributed by atoms with van der Waals surface area (Å²) >= 11 is 0. The Morgan fingerprint density at radius 1 is 1.08 bits per heavy atom. The quantitative estimate of drug-likeness (QED) is 0.671. The fourth-order valence-electron chi connectivity index (χ4n) is 2.78. The molecule has 0 amide bonds. The molecule has 0 aliphatic carbocycles. The van der Waals surface area contributed by atoms with E-state index in [0.717, 1.165) is 10.1 Å². The Hall–Kier alpha value is -2.34. The second-order valence-corrected chi connectivity index (χ2v) is 5.81. The van der Waals surface area contributed by atoms with Crippen molar-refractivity contribution >= 4 is 11.0 Å². The van der Waals surface area contributed by atoms with E-state index in [4.69, 9.17) is 0 Å². The van der Waals surface area contributed by atoms with Crippen molar-refractivity contribution in [3.8, 4) is 0 Å². The largest absolute Gasteiger partial charge is 0.320 e. The molecular weight excluding hydrogens is 315 g/mol. The van der Waals surface area contributed by atoms with Crippen molar-refractivity contribution in [1.29, 1.82) is 0 Å². The number of imidazole rings is 1. The van der Waals surface area contributed by atoms with E-state index in [1.54, 1.807) is 36.4 Å². The molecule has 0 fully saturated rings. The minimum absolute atomic E-state index is 0.0588. The van der Waals surface area contributed by atoms with Gasteiger partial charge < -0.3 is 0 Å². The zero-order valence-electron chi connectivity index (χ0n) is 13.5. The number of hydrogen-bond acceptors (Lipinski definition) is 2. The van der Waals surface area contributed by atoms with E-state index in [-0.39, 0.29) is 18.4 Å². The minimum Gasteiger partial charge on any atom is -0.292 e. The van der Waals surface area contributed by atoms with E-state index in [2.05, 4.69) is 4.98 Å². The Labute approximate surface area is 138 Å². The van der Waals surface area contributed by atoms with Crippen LogP contribution in [-0.2, 0) is 6.54 Å². The van der Waals surface area contributed by atoms with Crippen LogP contribution >= 0.6 is 0 Å². The SMILES string of the molecule is CC(c1ccc(F)cc1)N(C)Cc1nc2ccccc2n1C(F)F. The molecule has 0 radical (unpaired) electrons. The number of alkyl halides is 2. The highest BCUT2D eigenvalue weighted by atomic mass is 19.3. The highest BCUT2D eigenvalue weighted by Gasteiger charge is 2.20. The summed E-state index contributed by atoms with van der Waals surface area (Å²) in [5.41, 5.74) is 1.89. The smallest absolute Gasteiger partial charge is 0.292 e. The maximum Gasteiger partial charge on any atom is 0.320 e. The summed E-state index contributed by atoms with van der Waals surface area (Å²) in [5.74, 6) is 0.00996. The topological polar surface area (TPSA) is 21.1 Å². The van der Waals surface area contributed by atoms with Gasteiger partial charge in [0.2, 0.25) is 0 Å². The monoisotopic (exact) mass is 333 g/mol. The second-order valence-electron chi connectivity index (χ2n) is 5.81. The van der Waals surface area contributed by atoms with Gasteiger partial charge in [-0.2, -0.15) is 8.78 Å². The van der Waals surface area contributed by atoms with E-state index in [1.807, 2.05) is 18.9 Å². The number of para-hydroxylation sites is 2. The maximum atomic E-state index is 13.5. The van der Waals surface area contributed by atoms with Crippen LogP contribution in [0, 0.1) is 5.82 Å². The fraction of sp³-hybridized carbons (Fsp3) is 0.278. The first-order valence-electron chi connectivity index (χ1n) is 7.67. The van der Waals surface area contributed by atoms with Gasteiger partial charge in [0.1, 0.15) is 11.6 Å². The molecule has 1 aromatic heterocycles. The molecule has 24 heavy (non-hydrogen) atoms. The third kappa shape index (κ3) is 3.14. The van der Waals surface area contributed by atoms with E-state index in [9.17, 15) is 13.2 Å². The van der Waals surface area contributed by atoms with Crippen LogP contribution in [0.15, 0.2) is 48.5 Å². The Balaban J connectivity index is 1.88. The lowest BCUT2D eigenvalue weighted by molar-refractivity contribution is 0.0680. The summed E-state index contributed by atoms with van der Waals surface area (Å²) in [6.07, 6.45) is 0. The number of rotatable bonds is 5. The zero-order chi connectivity index (χ0) is 17.3. The van der Waals surface area contributed by atoms with Crippen LogP contribution in [0.3, 0.4) is 0 Å². The van der Waals surface area contributed by atoms with Crippen LogP contribution in [0.5, 0.6) is 0 Å². The van der Waals surface area contributed by atoms with Gasteiger partial charge in [0, 0.05) is 6.04 Å². The van der Waals surface area contributed by atoms with E-state index >= 15 is 0 Å². The molecule has 0 saturated carbocycles. The Morgan fingerprint density at radius 2 is 1.75 bits per heavy atom. The number of fused-ring (bicyclic) bond motifs is 1. The first-order chi connectivity index (χ1) is 11.5. The molecule has 0 bridgehead atoms. The van der Waals surface area contributed by atoms with Gasteiger partial charge in [0.05, 0.1) is 17.6 Å². The standard InChI is InChI=1S/C18H18F3N3/c1-12(13-7-9-14(19)10-8-13)23(2)11-17-22-15-5-3-4-6-16(15)24(17)18(20)21/h3-10,12,18H,11H2,1-2H3. The van der Waals surface area contributed by atoms with Gasteiger partial charge in [0.25, 0.3) is 0 Å². The first-order valence-corrected chi connectivity index (χ1v) is 7.67. The van der Waals surface area contributed by atoms with Crippen molar-refractivity contribution in [3.63, 3.8) is 0 Å². The predicted molar refractivity (Wildman–Crippen MR) is 87.3 cm³/mol. The molecule has 0 spiro atoms. The van der Waals surface area contributed by atoms with Crippen molar-refractivity contribution < 1.29 is 13.2 Å². The average Bonchev–Trinajstić information content (AvgIpc) is 2.92. The molecular formula is C18H18F3N3. The molecule has 1 heterocycles. The molecule has 3 nitrogen and oxygen atoms in total. The van der Waals surface area contributed by atoms with Crippen molar-refractivity contribution in [2.75, 3.05) is 7.05 Å². The van der Waals surface area contributed by atoms with Gasteiger partial charge in [-0.05, 0) is 43.8 Å². The van der Waals surface area contributed by atoms with Crippen molar-refractivity contribution in [3.05, 3.63) is 65.7 Å². The number of halogens is 3. The third-order valence-electron chi connectivity index (χ3n) is 4.27. The number of hydrogen-bond donors (Lipinski definition) is 0. The summed E-state index contributed by atoms with van der Waals surface area (Å²) in [6.45, 7) is -0.442. The molecule has 0 N–H and O–H groups in total. The lowest BCUT2D eigenvalue weighted by Crippen LogP contribution is -2.24. The number of aromatic nitrogens is 2. The summed E-state index contributed by atoms with van der Waals surface area (Å²) in [6, 6.07) is 13.0. The minimum atomic E-state index is -2.65. The van der Waals surface area contributed by atoms with Gasteiger partial charge in [0.15, 0.2) is 0 Å². The number of benzene rings is 2. The molecule has 3 rings (SSSR count). The second kappa shape index (κ2) is 6.65. The van der Waals surface area contributed by atoms with Gasteiger partial charge in [-0.1, -0.05) is 24.3 Å². The lowest BCUT2D eigenvalue weighted by atomic mass is 10.1. The maximum absolute atomic E-state index is 13.5. The van der Waals surface area contributed by atoms with Gasteiger partial charge in [-0.3, -0.25) is 9.47 Å². The fourth-order valence-corrected chi connectivity index (χ4v) is 2.78. The summed E-state index contributed by atoms with van der Waals surface area (Å²) in [4.78, 5) is 6.26. The van der Waals surface area contributed by atoms with Crippen LogP contribution in [-0.4, -0.2) is 21.5 Å². The molecule has 0 aliphatic rings. The van der Waals surface area contributed by atoms with E-state index < -0.39 is 6.55 Å². The molecule has 6 heteroatoms. The Morgan fingerprint density at radius 3 is 2.42 bits per heavy atom. The molecule has 0 aliphatic heterocycles. The summed E-state index contributed by atoms with van der Waals surface area (Å²) < 4.78 is 41.0.